The molecular weight excluding hydrogens is 146 g/mol. The molecule has 1 atom stereocenters. The number of aryl methyl sites for hydroxylation is 1. The van der Waals surface area contributed by atoms with Gasteiger partial charge in [0.2, 0.25) is 0 Å². The van der Waals surface area contributed by atoms with Crippen molar-refractivity contribution in [2.45, 2.75) is 19.9 Å². The summed E-state index contributed by atoms with van der Waals surface area (Å²) in [5, 5.41) is 3.15. The van der Waals surface area contributed by atoms with E-state index >= 15 is 0 Å². The summed E-state index contributed by atoms with van der Waals surface area (Å²) in [5.41, 5.74) is 2.59. The molecule has 0 aliphatic heterocycles. The number of rotatable bonds is 3. The summed E-state index contributed by atoms with van der Waals surface area (Å²) in [7, 11) is 0. The molecule has 1 heteroatoms. The van der Waals surface area contributed by atoms with Crippen LogP contribution in [0.1, 0.15) is 24.1 Å². The fraction of sp³-hybridized carbons (Fsp3) is 0.273. The Balaban J connectivity index is 2.74. The van der Waals surface area contributed by atoms with Crippen LogP contribution in [0.3, 0.4) is 0 Å². The van der Waals surface area contributed by atoms with Crippen LogP contribution in [0, 0.1) is 6.92 Å². The third-order valence-electron chi connectivity index (χ3n) is 1.95. The van der Waals surface area contributed by atoms with Gasteiger partial charge in [0.05, 0.1) is 0 Å². The maximum absolute atomic E-state index is 3.63. The summed E-state index contributed by atoms with van der Waals surface area (Å²) in [6.07, 6.45) is 1.73. The van der Waals surface area contributed by atoms with Gasteiger partial charge in [-0.15, -0.1) is 0 Å². The van der Waals surface area contributed by atoms with Crippen LogP contribution in [0.15, 0.2) is 37.0 Å². The topological polar surface area (TPSA) is 12.0 Å². The van der Waals surface area contributed by atoms with Crippen LogP contribution in [0.2, 0.25) is 0 Å². The van der Waals surface area contributed by atoms with Gasteiger partial charge in [-0.25, -0.2) is 0 Å². The van der Waals surface area contributed by atoms with E-state index in [0.29, 0.717) is 6.04 Å². The van der Waals surface area contributed by atoms with Gasteiger partial charge >= 0.3 is 0 Å². The van der Waals surface area contributed by atoms with Gasteiger partial charge in [-0.1, -0.05) is 36.4 Å². The molecule has 0 heterocycles. The number of hydrogen-bond acceptors (Lipinski definition) is 1. The molecule has 0 aromatic heterocycles. The van der Waals surface area contributed by atoms with Crippen molar-refractivity contribution in [1.29, 1.82) is 0 Å². The fourth-order valence-corrected chi connectivity index (χ4v) is 1.13. The molecule has 1 aromatic carbocycles. The van der Waals surface area contributed by atoms with Gasteiger partial charge in [-0.2, -0.15) is 0 Å². The molecule has 0 aliphatic rings. The third-order valence-corrected chi connectivity index (χ3v) is 1.95. The second-order valence-corrected chi connectivity index (χ2v) is 3.00. The van der Waals surface area contributed by atoms with E-state index in [4.69, 9.17) is 0 Å². The van der Waals surface area contributed by atoms with E-state index in [9.17, 15) is 0 Å². The summed E-state index contributed by atoms with van der Waals surface area (Å²) < 4.78 is 0. The van der Waals surface area contributed by atoms with Gasteiger partial charge in [0.1, 0.15) is 0 Å². The second kappa shape index (κ2) is 3.96. The number of nitrogens with one attached hydrogen (secondary N) is 1. The van der Waals surface area contributed by atoms with Crippen molar-refractivity contribution < 1.29 is 0 Å². The summed E-state index contributed by atoms with van der Waals surface area (Å²) in [5.74, 6) is 0. The van der Waals surface area contributed by atoms with Crippen molar-refractivity contribution in [2.75, 3.05) is 0 Å². The molecule has 0 fully saturated rings. The highest BCUT2D eigenvalue weighted by atomic mass is 14.9. The molecule has 1 rings (SSSR count). The molecule has 12 heavy (non-hydrogen) atoms. The quantitative estimate of drug-likeness (QED) is 0.718. The molecule has 1 N–H and O–H groups in total. The molecule has 0 saturated heterocycles. The molecule has 0 bridgehead atoms. The molecule has 0 radical (unpaired) electrons. The molecule has 1 aromatic rings. The largest absolute Gasteiger partial charge is 0.385 e. The highest BCUT2D eigenvalue weighted by molar-refractivity contribution is 5.23. The molecular formula is C11H15N. The summed E-state index contributed by atoms with van der Waals surface area (Å²) in [6, 6.07) is 8.86. The van der Waals surface area contributed by atoms with Crippen LogP contribution in [-0.2, 0) is 0 Å². The van der Waals surface area contributed by atoms with Gasteiger partial charge in [-0.3, -0.25) is 0 Å². The standard InChI is InChI=1S/C11H15N/c1-4-12-10(3)11-7-5-9(2)6-8-11/h4-8,10,12H,1H2,2-3H3. The maximum atomic E-state index is 3.63. The van der Waals surface area contributed by atoms with Crippen molar-refractivity contribution >= 4 is 0 Å². The Kier molecular flexibility index (Phi) is 2.92. The minimum absolute atomic E-state index is 0.350. The average molecular weight is 161 g/mol. The zero-order chi connectivity index (χ0) is 8.97. The van der Waals surface area contributed by atoms with Crippen LogP contribution < -0.4 is 5.32 Å². The van der Waals surface area contributed by atoms with E-state index in [1.54, 1.807) is 6.20 Å². The Hall–Kier alpha value is -1.24. The van der Waals surface area contributed by atoms with Crippen molar-refractivity contribution in [3.05, 3.63) is 48.2 Å². The van der Waals surface area contributed by atoms with Crippen LogP contribution in [0.25, 0.3) is 0 Å². The lowest BCUT2D eigenvalue weighted by atomic mass is 10.1. The number of hydrogen-bond donors (Lipinski definition) is 1. The lowest BCUT2D eigenvalue weighted by Gasteiger charge is -2.11. The first kappa shape index (κ1) is 8.85. The molecule has 0 spiro atoms. The normalized spacial score (nSPS) is 12.2. The number of benzene rings is 1. The first-order chi connectivity index (χ1) is 5.74. The average Bonchev–Trinajstić information content (AvgIpc) is 2.06. The Morgan fingerprint density at radius 2 is 1.92 bits per heavy atom. The zero-order valence-corrected chi connectivity index (χ0v) is 7.67. The van der Waals surface area contributed by atoms with Gasteiger partial charge in [-0.05, 0) is 25.6 Å². The molecule has 1 nitrogen and oxygen atoms in total. The van der Waals surface area contributed by atoms with E-state index in [1.165, 1.54) is 11.1 Å². The predicted octanol–water partition coefficient (Wildman–Crippen LogP) is 2.79. The zero-order valence-electron chi connectivity index (χ0n) is 7.67. The third kappa shape index (κ3) is 2.12. The maximum Gasteiger partial charge on any atom is 0.0479 e. The van der Waals surface area contributed by atoms with Crippen LogP contribution in [0.5, 0.6) is 0 Å². The van der Waals surface area contributed by atoms with Crippen molar-refractivity contribution in [2.24, 2.45) is 0 Å². The van der Waals surface area contributed by atoms with E-state index in [1.807, 2.05) is 0 Å². The van der Waals surface area contributed by atoms with Gasteiger partial charge < -0.3 is 5.32 Å². The van der Waals surface area contributed by atoms with Crippen LogP contribution in [-0.4, -0.2) is 0 Å². The van der Waals surface area contributed by atoms with Crippen molar-refractivity contribution in [3.63, 3.8) is 0 Å². The minimum Gasteiger partial charge on any atom is -0.385 e. The molecule has 0 amide bonds. The van der Waals surface area contributed by atoms with Crippen molar-refractivity contribution in [1.82, 2.24) is 5.32 Å². The SMILES string of the molecule is C=CNC(C)c1ccc(C)cc1. The Labute approximate surface area is 74.1 Å². The molecule has 0 saturated carbocycles. The first-order valence-corrected chi connectivity index (χ1v) is 4.17. The monoisotopic (exact) mass is 161 g/mol. The van der Waals surface area contributed by atoms with E-state index in [2.05, 4.69) is 50.0 Å². The van der Waals surface area contributed by atoms with Gasteiger partial charge in [0.15, 0.2) is 0 Å². The second-order valence-electron chi connectivity index (χ2n) is 3.00. The minimum atomic E-state index is 0.350. The van der Waals surface area contributed by atoms with Gasteiger partial charge in [0, 0.05) is 6.04 Å². The lowest BCUT2D eigenvalue weighted by molar-refractivity contribution is 0.687. The van der Waals surface area contributed by atoms with Crippen LogP contribution in [0.4, 0.5) is 0 Å². The predicted molar refractivity (Wildman–Crippen MR) is 52.9 cm³/mol. The fourth-order valence-electron chi connectivity index (χ4n) is 1.13. The van der Waals surface area contributed by atoms with Crippen LogP contribution >= 0.6 is 0 Å². The van der Waals surface area contributed by atoms with Crippen molar-refractivity contribution in [3.8, 4) is 0 Å². The van der Waals surface area contributed by atoms with E-state index in [0.717, 1.165) is 0 Å². The summed E-state index contributed by atoms with van der Waals surface area (Å²) in [6.45, 7) is 7.84. The first-order valence-electron chi connectivity index (χ1n) is 4.17. The molecule has 0 aliphatic carbocycles. The Morgan fingerprint density at radius 1 is 1.33 bits per heavy atom. The molecule has 64 valence electrons. The summed E-state index contributed by atoms with van der Waals surface area (Å²) >= 11 is 0. The summed E-state index contributed by atoms with van der Waals surface area (Å²) in [4.78, 5) is 0. The lowest BCUT2D eigenvalue weighted by Crippen LogP contribution is -2.10. The Morgan fingerprint density at radius 3 is 2.42 bits per heavy atom. The highest BCUT2D eigenvalue weighted by Crippen LogP contribution is 2.12. The van der Waals surface area contributed by atoms with Gasteiger partial charge in [0.25, 0.3) is 0 Å². The van der Waals surface area contributed by atoms with E-state index < -0.39 is 0 Å². The smallest absolute Gasteiger partial charge is 0.0479 e. The Bertz CT molecular complexity index is 248. The van der Waals surface area contributed by atoms with E-state index in [-0.39, 0.29) is 0 Å². The molecule has 1 unspecified atom stereocenters. The highest BCUT2D eigenvalue weighted by Gasteiger charge is 2.00.